The van der Waals surface area contributed by atoms with Gasteiger partial charge >= 0.3 is 0 Å². The largest absolute Gasteiger partial charge is 0.311 e. The summed E-state index contributed by atoms with van der Waals surface area (Å²) in [6.07, 6.45) is 0. The van der Waals surface area contributed by atoms with Gasteiger partial charge in [-0.15, -0.1) is 0 Å². The molecule has 0 bridgehead atoms. The van der Waals surface area contributed by atoms with E-state index in [1.165, 1.54) is 5.56 Å². The van der Waals surface area contributed by atoms with E-state index in [1.54, 1.807) is 0 Å². The maximum Gasteiger partial charge on any atom is 0.0410 e. The van der Waals surface area contributed by atoms with Crippen molar-refractivity contribution in [2.45, 2.75) is 19.4 Å². The third-order valence-electron chi connectivity index (χ3n) is 2.23. The van der Waals surface area contributed by atoms with Gasteiger partial charge in [0.2, 0.25) is 0 Å². The molecule has 0 amide bonds. The zero-order valence-electron chi connectivity index (χ0n) is 7.99. The second-order valence-electron chi connectivity index (χ2n) is 3.50. The smallest absolute Gasteiger partial charge is 0.0410 e. The van der Waals surface area contributed by atoms with E-state index in [9.17, 15) is 0 Å². The monoisotopic (exact) mass is 261 g/mol. The van der Waals surface area contributed by atoms with E-state index >= 15 is 0 Å². The van der Waals surface area contributed by atoms with Crippen LogP contribution in [0.3, 0.4) is 0 Å². The fourth-order valence-electron chi connectivity index (χ4n) is 1.11. The molecule has 1 nitrogen and oxygen atoms in total. The Labute approximate surface area is 92.6 Å². The van der Waals surface area contributed by atoms with Crippen molar-refractivity contribution >= 4 is 27.5 Å². The maximum atomic E-state index is 5.93. The van der Waals surface area contributed by atoms with Gasteiger partial charge in [-0.2, -0.15) is 0 Å². The molecule has 1 rings (SSSR count). The molecule has 0 aliphatic carbocycles. The molecule has 0 atom stereocenters. The van der Waals surface area contributed by atoms with Crippen LogP contribution in [0, 0.1) is 0 Å². The summed E-state index contributed by atoms with van der Waals surface area (Å²) >= 11 is 9.44. The van der Waals surface area contributed by atoms with E-state index in [0.717, 1.165) is 9.50 Å². The van der Waals surface area contributed by atoms with Crippen LogP contribution in [0.1, 0.15) is 19.4 Å². The van der Waals surface area contributed by atoms with Crippen LogP contribution in [0.15, 0.2) is 22.7 Å². The summed E-state index contributed by atoms with van der Waals surface area (Å²) in [5.74, 6) is 0. The first kappa shape index (κ1) is 11.0. The van der Waals surface area contributed by atoms with Crippen LogP contribution in [0.5, 0.6) is 0 Å². The highest BCUT2D eigenvalue weighted by atomic mass is 79.9. The van der Waals surface area contributed by atoms with Gasteiger partial charge in [0.05, 0.1) is 0 Å². The minimum atomic E-state index is -0.0657. The summed E-state index contributed by atoms with van der Waals surface area (Å²) in [6.45, 7) is 4.23. The molecule has 72 valence electrons. The predicted octanol–water partition coefficient (Wildman–Crippen LogP) is 3.56. The molecule has 13 heavy (non-hydrogen) atoms. The molecule has 3 heteroatoms. The Balaban J connectivity index is 3.20. The Kier molecular flexibility index (Phi) is 3.38. The van der Waals surface area contributed by atoms with Gasteiger partial charge in [-0.1, -0.05) is 27.5 Å². The molecular weight excluding hydrogens is 249 g/mol. The third kappa shape index (κ3) is 2.46. The molecule has 1 aromatic rings. The average Bonchev–Trinajstić information content (AvgIpc) is 2.09. The summed E-state index contributed by atoms with van der Waals surface area (Å²) in [7, 11) is 1.94. The predicted molar refractivity (Wildman–Crippen MR) is 61.2 cm³/mol. The van der Waals surface area contributed by atoms with Gasteiger partial charge in [0.15, 0.2) is 0 Å². The highest BCUT2D eigenvalue weighted by Gasteiger charge is 2.20. The van der Waals surface area contributed by atoms with Crippen LogP contribution >= 0.6 is 27.5 Å². The summed E-state index contributed by atoms with van der Waals surface area (Å²) in [6, 6.07) is 5.82. The van der Waals surface area contributed by atoms with Crippen LogP contribution in [0.2, 0.25) is 5.02 Å². The van der Waals surface area contributed by atoms with Gasteiger partial charge in [0.25, 0.3) is 0 Å². The minimum absolute atomic E-state index is 0.0657. The summed E-state index contributed by atoms with van der Waals surface area (Å²) in [5, 5.41) is 4.00. The lowest BCUT2D eigenvalue weighted by atomic mass is 9.95. The van der Waals surface area contributed by atoms with Gasteiger partial charge in [0, 0.05) is 15.0 Å². The summed E-state index contributed by atoms with van der Waals surface area (Å²) in [4.78, 5) is 0. The molecular formula is C10H13BrClN. The van der Waals surface area contributed by atoms with E-state index in [2.05, 4.69) is 35.1 Å². The van der Waals surface area contributed by atoms with Crippen LogP contribution in [-0.2, 0) is 5.54 Å². The molecule has 0 heterocycles. The van der Waals surface area contributed by atoms with Crippen LogP contribution < -0.4 is 5.32 Å². The molecule has 0 aliphatic rings. The topological polar surface area (TPSA) is 12.0 Å². The quantitative estimate of drug-likeness (QED) is 0.859. The molecule has 0 aliphatic heterocycles. The van der Waals surface area contributed by atoms with Crippen molar-refractivity contribution in [2.24, 2.45) is 0 Å². The second-order valence-corrected chi connectivity index (χ2v) is 4.79. The molecule has 1 aromatic carbocycles. The third-order valence-corrected chi connectivity index (χ3v) is 3.15. The van der Waals surface area contributed by atoms with Gasteiger partial charge in [-0.05, 0) is 44.7 Å². The zero-order valence-corrected chi connectivity index (χ0v) is 10.3. The number of benzene rings is 1. The highest BCUT2D eigenvalue weighted by molar-refractivity contribution is 9.10. The van der Waals surface area contributed by atoms with Crippen LogP contribution in [-0.4, -0.2) is 7.05 Å². The van der Waals surface area contributed by atoms with Gasteiger partial charge < -0.3 is 5.32 Å². The van der Waals surface area contributed by atoms with Crippen molar-refractivity contribution in [3.8, 4) is 0 Å². The van der Waals surface area contributed by atoms with Crippen molar-refractivity contribution < 1.29 is 0 Å². The van der Waals surface area contributed by atoms with Gasteiger partial charge in [0.1, 0.15) is 0 Å². The van der Waals surface area contributed by atoms with E-state index in [1.807, 2.05) is 25.2 Å². The summed E-state index contributed by atoms with van der Waals surface area (Å²) < 4.78 is 1.08. The van der Waals surface area contributed by atoms with Crippen molar-refractivity contribution in [2.75, 3.05) is 7.05 Å². The molecule has 0 saturated carbocycles. The SMILES string of the molecule is CNC(C)(C)c1cc(Cl)ccc1Br. The molecule has 0 aromatic heterocycles. The average molecular weight is 263 g/mol. The fraction of sp³-hybridized carbons (Fsp3) is 0.400. The first-order valence-corrected chi connectivity index (χ1v) is 5.29. The second kappa shape index (κ2) is 3.99. The Morgan fingerprint density at radius 2 is 2.00 bits per heavy atom. The van der Waals surface area contributed by atoms with E-state index in [0.29, 0.717) is 0 Å². The number of nitrogens with one attached hydrogen (secondary N) is 1. The fourth-order valence-corrected chi connectivity index (χ4v) is 2.03. The minimum Gasteiger partial charge on any atom is -0.311 e. The van der Waals surface area contributed by atoms with Crippen LogP contribution in [0.25, 0.3) is 0 Å². The van der Waals surface area contributed by atoms with Crippen molar-refractivity contribution in [3.63, 3.8) is 0 Å². The molecule has 0 spiro atoms. The number of rotatable bonds is 2. The molecule has 0 fully saturated rings. The van der Waals surface area contributed by atoms with Gasteiger partial charge in [-0.3, -0.25) is 0 Å². The Hall–Kier alpha value is -0.0500. The lowest BCUT2D eigenvalue weighted by Gasteiger charge is -2.26. The normalized spacial score (nSPS) is 11.8. The Morgan fingerprint density at radius 1 is 1.38 bits per heavy atom. The summed E-state index contributed by atoms with van der Waals surface area (Å²) in [5.41, 5.74) is 1.10. The first-order chi connectivity index (χ1) is 5.97. The molecule has 0 saturated heterocycles. The van der Waals surface area contributed by atoms with Crippen molar-refractivity contribution in [1.82, 2.24) is 5.32 Å². The van der Waals surface area contributed by atoms with E-state index in [-0.39, 0.29) is 5.54 Å². The van der Waals surface area contributed by atoms with Crippen LogP contribution in [0.4, 0.5) is 0 Å². The zero-order chi connectivity index (χ0) is 10.1. The lowest BCUT2D eigenvalue weighted by Crippen LogP contribution is -2.33. The molecule has 0 unspecified atom stereocenters. The number of hydrogen-bond donors (Lipinski definition) is 1. The number of halogens is 2. The van der Waals surface area contributed by atoms with Gasteiger partial charge in [-0.25, -0.2) is 0 Å². The molecule has 1 N–H and O–H groups in total. The van der Waals surface area contributed by atoms with E-state index < -0.39 is 0 Å². The lowest BCUT2D eigenvalue weighted by molar-refractivity contribution is 0.443. The van der Waals surface area contributed by atoms with E-state index in [4.69, 9.17) is 11.6 Å². The Morgan fingerprint density at radius 3 is 2.54 bits per heavy atom. The highest BCUT2D eigenvalue weighted by Crippen LogP contribution is 2.30. The van der Waals surface area contributed by atoms with Crippen molar-refractivity contribution in [1.29, 1.82) is 0 Å². The molecule has 0 radical (unpaired) electrons. The number of hydrogen-bond acceptors (Lipinski definition) is 1. The Bertz CT molecular complexity index is 310. The van der Waals surface area contributed by atoms with Crippen molar-refractivity contribution in [3.05, 3.63) is 33.3 Å². The first-order valence-electron chi connectivity index (χ1n) is 4.12. The maximum absolute atomic E-state index is 5.93. The standard InChI is InChI=1S/C10H13BrClN/c1-10(2,13-3)8-6-7(12)4-5-9(8)11/h4-6,13H,1-3H3.